The number of nitrogens with one attached hydrogen (secondary N) is 2. The van der Waals surface area contributed by atoms with E-state index in [0.29, 0.717) is 6.42 Å². The number of benzene rings is 2. The van der Waals surface area contributed by atoms with Crippen LogP contribution in [0.4, 0.5) is 0 Å². The van der Waals surface area contributed by atoms with Crippen LogP contribution in [0.15, 0.2) is 42.5 Å². The summed E-state index contributed by atoms with van der Waals surface area (Å²) in [6.07, 6.45) is -3.74. The predicted octanol–water partition coefficient (Wildman–Crippen LogP) is -0.104. The van der Waals surface area contributed by atoms with Crippen LogP contribution in [-0.4, -0.2) is 87.5 Å². The first kappa shape index (κ1) is 26.7. The molecule has 11 heteroatoms. The van der Waals surface area contributed by atoms with Crippen LogP contribution in [-0.2, 0) is 20.3 Å². The van der Waals surface area contributed by atoms with Crippen LogP contribution in [0.5, 0.6) is 0 Å². The lowest BCUT2D eigenvalue weighted by atomic mass is 10.0. The molecule has 10 nitrogen and oxygen atoms in total. The minimum absolute atomic E-state index is 0.0787. The van der Waals surface area contributed by atoms with E-state index in [1.807, 2.05) is 42.5 Å². The van der Waals surface area contributed by atoms with Crippen LogP contribution < -0.4 is 10.6 Å². The molecule has 0 saturated carbocycles. The molecule has 2 aromatic carbocycles. The lowest BCUT2D eigenvalue weighted by Crippen LogP contribution is -2.38. The third-order valence-corrected chi connectivity index (χ3v) is 7.40. The number of rotatable bonds is 12. The Labute approximate surface area is 198 Å². The van der Waals surface area contributed by atoms with E-state index >= 15 is 0 Å². The highest BCUT2D eigenvalue weighted by atomic mass is 31.2. The highest BCUT2D eigenvalue weighted by molar-refractivity contribution is 7.52. The smallest absolute Gasteiger partial charge is 0.330 e. The Hall–Kier alpha value is -1.88. The first-order valence-corrected chi connectivity index (χ1v) is 13.1. The lowest BCUT2D eigenvalue weighted by Gasteiger charge is -2.21. The molecule has 0 aromatic heterocycles. The minimum Gasteiger partial charge on any atom is -0.395 e. The van der Waals surface area contributed by atoms with Crippen molar-refractivity contribution >= 4 is 24.3 Å². The molecule has 1 aliphatic rings. The Kier molecular flexibility index (Phi) is 9.58. The molecule has 1 heterocycles. The molecule has 1 aliphatic heterocycles. The largest absolute Gasteiger partial charge is 0.395 e. The average Bonchev–Trinajstić information content (AvgIpc) is 3.06. The summed E-state index contributed by atoms with van der Waals surface area (Å²) < 4.78 is 17.3. The number of fused-ring (bicyclic) bond motifs is 1. The number of hydrogen-bond acceptors (Lipinski definition) is 8. The molecule has 6 atom stereocenters. The molecule has 0 bridgehead atoms. The predicted molar refractivity (Wildman–Crippen MR) is 126 cm³/mol. The monoisotopic (exact) mass is 496 g/mol. The van der Waals surface area contributed by atoms with Gasteiger partial charge in [0.25, 0.3) is 0 Å². The highest BCUT2D eigenvalue weighted by Crippen LogP contribution is 2.43. The Bertz CT molecular complexity index is 1000. The highest BCUT2D eigenvalue weighted by Gasteiger charge is 2.41. The van der Waals surface area contributed by atoms with Crippen LogP contribution in [0.1, 0.15) is 18.4 Å². The zero-order chi connectivity index (χ0) is 24.7. The minimum atomic E-state index is -4.09. The molecule has 2 aromatic rings. The van der Waals surface area contributed by atoms with Crippen LogP contribution >= 0.6 is 7.60 Å². The van der Waals surface area contributed by atoms with Gasteiger partial charge in [0.15, 0.2) is 0 Å². The van der Waals surface area contributed by atoms with Crippen LogP contribution in [0.2, 0.25) is 0 Å². The summed E-state index contributed by atoms with van der Waals surface area (Å²) in [6, 6.07) is 12.2. The summed E-state index contributed by atoms with van der Waals surface area (Å²) in [6.45, 7) is -0.194. The van der Waals surface area contributed by atoms with Gasteiger partial charge in [0, 0.05) is 12.6 Å². The van der Waals surface area contributed by atoms with Crippen LogP contribution in [0.3, 0.4) is 0 Å². The number of aliphatic hydroxyl groups excluding tert-OH is 4. The van der Waals surface area contributed by atoms with E-state index in [1.54, 1.807) is 0 Å². The number of carbonyl (C=O) groups excluding carboxylic acids is 1. The van der Waals surface area contributed by atoms with Gasteiger partial charge in [-0.25, -0.2) is 0 Å². The van der Waals surface area contributed by atoms with Gasteiger partial charge in [-0.15, -0.1) is 0 Å². The number of aliphatic hydroxyl groups is 4. The summed E-state index contributed by atoms with van der Waals surface area (Å²) in [7, 11) is -4.09. The molecular formula is C23H33N2O8P. The van der Waals surface area contributed by atoms with Gasteiger partial charge in [0.05, 0.1) is 50.2 Å². The maximum Gasteiger partial charge on any atom is 0.330 e. The molecule has 3 rings (SSSR count). The quantitative estimate of drug-likeness (QED) is 0.157. The molecule has 34 heavy (non-hydrogen) atoms. The van der Waals surface area contributed by atoms with Gasteiger partial charge in [-0.3, -0.25) is 9.36 Å². The van der Waals surface area contributed by atoms with Crippen molar-refractivity contribution < 1.29 is 39.2 Å². The van der Waals surface area contributed by atoms with E-state index in [4.69, 9.17) is 9.63 Å². The second-order valence-corrected chi connectivity index (χ2v) is 10.5. The second-order valence-electron chi connectivity index (χ2n) is 8.60. The van der Waals surface area contributed by atoms with Crippen LogP contribution in [0, 0.1) is 0 Å². The van der Waals surface area contributed by atoms with Gasteiger partial charge in [-0.05, 0) is 29.2 Å². The van der Waals surface area contributed by atoms with E-state index in [2.05, 4.69) is 10.6 Å². The fraction of sp³-hybridized carbons (Fsp3) is 0.522. The molecule has 1 amide bonds. The van der Waals surface area contributed by atoms with E-state index in [0.717, 1.165) is 16.3 Å². The van der Waals surface area contributed by atoms with Crippen molar-refractivity contribution in [3.05, 3.63) is 48.0 Å². The Morgan fingerprint density at radius 3 is 2.56 bits per heavy atom. The summed E-state index contributed by atoms with van der Waals surface area (Å²) >= 11 is 0. The normalized spacial score (nSPS) is 25.2. The zero-order valence-corrected chi connectivity index (χ0v) is 19.7. The fourth-order valence-electron chi connectivity index (χ4n) is 4.19. The van der Waals surface area contributed by atoms with Gasteiger partial charge in [-0.2, -0.15) is 0 Å². The lowest BCUT2D eigenvalue weighted by molar-refractivity contribution is -0.120. The van der Waals surface area contributed by atoms with Crippen molar-refractivity contribution in [1.82, 2.24) is 10.6 Å². The van der Waals surface area contributed by atoms with E-state index < -0.39 is 44.2 Å². The van der Waals surface area contributed by atoms with Crippen molar-refractivity contribution in [2.24, 2.45) is 0 Å². The van der Waals surface area contributed by atoms with Gasteiger partial charge in [0.1, 0.15) is 0 Å². The average molecular weight is 496 g/mol. The molecule has 0 radical (unpaired) electrons. The Balaban J connectivity index is 1.35. The SMILES string of the molecule is O=C(Cc1cccc2ccccc12)NCCCOP(=O)(O)C[C@H](O)C[C@H]1N[C@H](CO)[C@@H](O)[C@@H]1O. The van der Waals surface area contributed by atoms with Crippen molar-refractivity contribution in [3.63, 3.8) is 0 Å². The summed E-state index contributed by atoms with van der Waals surface area (Å²) in [5, 5.41) is 46.7. The van der Waals surface area contributed by atoms with Crippen molar-refractivity contribution in [3.8, 4) is 0 Å². The van der Waals surface area contributed by atoms with E-state index in [1.165, 1.54) is 0 Å². The first-order valence-electron chi connectivity index (χ1n) is 11.3. The van der Waals surface area contributed by atoms with Crippen molar-refractivity contribution in [1.29, 1.82) is 0 Å². The molecule has 7 N–H and O–H groups in total. The standard InChI is InChI=1S/C23H33N2O8P/c26-13-20-23(30)22(29)19(25-20)12-17(27)14-34(31,32)33-10-4-9-24-21(28)11-16-7-3-6-15-5-1-2-8-18(15)16/h1-3,5-8,17,19-20,22-23,25-27,29-30H,4,9-14H2,(H,24,28)(H,31,32)/t17-,19-,20-,22-,23-/m1/s1. The maximum absolute atomic E-state index is 12.3. The van der Waals surface area contributed by atoms with Gasteiger partial charge in [-0.1, -0.05) is 42.5 Å². The summed E-state index contributed by atoms with van der Waals surface area (Å²) in [5.41, 5.74) is 0.917. The van der Waals surface area contributed by atoms with Gasteiger partial charge in [0.2, 0.25) is 5.91 Å². The molecule has 0 spiro atoms. The number of hydrogen-bond donors (Lipinski definition) is 7. The molecule has 0 aliphatic carbocycles. The molecule has 1 unspecified atom stereocenters. The summed E-state index contributed by atoms with van der Waals surface area (Å²) in [4.78, 5) is 22.3. The third-order valence-electron chi connectivity index (χ3n) is 5.93. The molecule has 1 saturated heterocycles. The Morgan fingerprint density at radius 1 is 1.12 bits per heavy atom. The number of carbonyl (C=O) groups is 1. The van der Waals surface area contributed by atoms with Crippen molar-refractivity contribution in [2.75, 3.05) is 25.9 Å². The molecular weight excluding hydrogens is 463 g/mol. The maximum atomic E-state index is 12.3. The Morgan fingerprint density at radius 2 is 1.82 bits per heavy atom. The molecule has 1 fully saturated rings. The van der Waals surface area contributed by atoms with Gasteiger partial charge >= 0.3 is 7.60 Å². The number of amides is 1. The van der Waals surface area contributed by atoms with E-state index in [9.17, 15) is 29.6 Å². The topological polar surface area (TPSA) is 169 Å². The summed E-state index contributed by atoms with van der Waals surface area (Å²) in [5.74, 6) is -0.162. The molecule has 188 valence electrons. The van der Waals surface area contributed by atoms with Crippen LogP contribution in [0.25, 0.3) is 10.8 Å². The zero-order valence-electron chi connectivity index (χ0n) is 18.8. The van der Waals surface area contributed by atoms with Crippen molar-refractivity contribution in [2.45, 2.75) is 49.7 Å². The first-order chi connectivity index (χ1) is 16.2. The van der Waals surface area contributed by atoms with Gasteiger partial charge < -0.3 is 40.5 Å². The fourth-order valence-corrected chi connectivity index (χ4v) is 5.39. The second kappa shape index (κ2) is 12.2. The van der Waals surface area contributed by atoms with E-state index in [-0.39, 0.29) is 38.5 Å². The third kappa shape index (κ3) is 7.31.